The summed E-state index contributed by atoms with van der Waals surface area (Å²) < 4.78 is 7.74. The van der Waals surface area contributed by atoms with Crippen LogP contribution in [0.2, 0.25) is 0 Å². The van der Waals surface area contributed by atoms with Crippen molar-refractivity contribution in [2.45, 2.75) is 27.3 Å². The van der Waals surface area contributed by atoms with E-state index >= 15 is 0 Å². The number of rotatable bonds is 7. The highest BCUT2D eigenvalue weighted by Crippen LogP contribution is 2.28. The number of benzene rings is 2. The fraction of sp³-hybridized carbons (Fsp3) is 0.154. The van der Waals surface area contributed by atoms with Crippen LogP contribution in [0.3, 0.4) is 0 Å². The van der Waals surface area contributed by atoms with Crippen LogP contribution in [0, 0.1) is 13.8 Å². The van der Waals surface area contributed by atoms with Gasteiger partial charge in [0.1, 0.15) is 23.0 Å². The Balaban J connectivity index is 1.30. The number of carbonyl (C=O) groups is 1. The van der Waals surface area contributed by atoms with Crippen LogP contribution in [0.4, 0.5) is 5.69 Å². The van der Waals surface area contributed by atoms with E-state index < -0.39 is 0 Å². The van der Waals surface area contributed by atoms with Gasteiger partial charge in [0.2, 0.25) is 0 Å². The number of amides is 1. The molecule has 9 nitrogen and oxygen atoms in total. The van der Waals surface area contributed by atoms with Gasteiger partial charge >= 0.3 is 0 Å². The number of imidazole rings is 1. The van der Waals surface area contributed by atoms with Crippen molar-refractivity contribution in [2.75, 3.05) is 5.32 Å². The van der Waals surface area contributed by atoms with E-state index in [9.17, 15) is 4.79 Å². The number of carbonyl (C=O) groups excluding carboxylic acids is 1. The maximum Gasteiger partial charge on any atom is 0.273 e. The topological polar surface area (TPSA) is 114 Å². The van der Waals surface area contributed by atoms with E-state index in [1.165, 1.54) is 0 Å². The Morgan fingerprint density at radius 1 is 1.11 bits per heavy atom. The van der Waals surface area contributed by atoms with Crippen LogP contribution in [0.15, 0.2) is 54.7 Å². The van der Waals surface area contributed by atoms with E-state index in [-0.39, 0.29) is 5.91 Å². The smallest absolute Gasteiger partial charge is 0.273 e. The van der Waals surface area contributed by atoms with Gasteiger partial charge in [-0.25, -0.2) is 4.98 Å². The highest BCUT2D eigenvalue weighted by atomic mass is 16.5. The molecule has 0 aliphatic carbocycles. The lowest BCUT2D eigenvalue weighted by Crippen LogP contribution is -2.17. The molecule has 3 heterocycles. The van der Waals surface area contributed by atoms with Gasteiger partial charge in [-0.3, -0.25) is 14.6 Å². The average molecular weight is 468 g/mol. The summed E-state index contributed by atoms with van der Waals surface area (Å²) in [6.45, 7) is 6.35. The van der Waals surface area contributed by atoms with Crippen molar-refractivity contribution < 1.29 is 9.53 Å². The summed E-state index contributed by atoms with van der Waals surface area (Å²) >= 11 is 0. The van der Waals surface area contributed by atoms with E-state index in [1.54, 1.807) is 23.0 Å². The summed E-state index contributed by atoms with van der Waals surface area (Å²) in [5.74, 6) is 1.92. The van der Waals surface area contributed by atoms with Crippen LogP contribution < -0.4 is 10.1 Å². The molecule has 0 bridgehead atoms. The van der Waals surface area contributed by atoms with Crippen LogP contribution in [0.5, 0.6) is 11.5 Å². The van der Waals surface area contributed by atoms with Crippen LogP contribution in [0.25, 0.3) is 23.1 Å². The molecule has 5 aromatic rings. The maximum absolute atomic E-state index is 12.7. The highest BCUT2D eigenvalue weighted by Gasteiger charge is 2.14. The van der Waals surface area contributed by atoms with Crippen LogP contribution in [-0.4, -0.2) is 35.9 Å². The third kappa shape index (κ3) is 4.84. The zero-order valence-corrected chi connectivity index (χ0v) is 19.7. The van der Waals surface area contributed by atoms with E-state index in [2.05, 4.69) is 30.6 Å². The lowest BCUT2D eigenvalue weighted by Gasteiger charge is -2.10. The SMILES string of the molecule is CCn1nc(C)cc1C(=O)Nc1cccc(Oc2ccc3c(/C=C/c4cnc(C)[nH]4)n[nH]c3c2)c1. The molecule has 0 aliphatic rings. The van der Waals surface area contributed by atoms with Gasteiger partial charge in [0, 0.05) is 29.8 Å². The minimum absolute atomic E-state index is 0.214. The molecule has 9 heteroatoms. The second kappa shape index (κ2) is 9.30. The number of hydrogen-bond donors (Lipinski definition) is 3. The number of nitrogens with zero attached hydrogens (tertiary/aromatic N) is 4. The minimum atomic E-state index is -0.214. The molecule has 0 fully saturated rings. The van der Waals surface area contributed by atoms with Crippen molar-refractivity contribution in [3.05, 3.63) is 83.3 Å². The summed E-state index contributed by atoms with van der Waals surface area (Å²) in [6, 6.07) is 14.8. The minimum Gasteiger partial charge on any atom is -0.457 e. The van der Waals surface area contributed by atoms with E-state index in [4.69, 9.17) is 4.74 Å². The zero-order chi connectivity index (χ0) is 24.4. The lowest BCUT2D eigenvalue weighted by atomic mass is 10.2. The molecule has 0 saturated carbocycles. The van der Waals surface area contributed by atoms with Crippen LogP contribution in [-0.2, 0) is 6.54 Å². The summed E-state index contributed by atoms with van der Waals surface area (Å²) in [7, 11) is 0. The van der Waals surface area contributed by atoms with Crippen molar-refractivity contribution in [2.24, 2.45) is 0 Å². The number of H-pyrrole nitrogens is 2. The molecule has 3 N–H and O–H groups in total. The van der Waals surface area contributed by atoms with Gasteiger partial charge in [0.05, 0.1) is 28.8 Å². The van der Waals surface area contributed by atoms with Gasteiger partial charge in [-0.15, -0.1) is 0 Å². The van der Waals surface area contributed by atoms with Crippen molar-refractivity contribution in [3.63, 3.8) is 0 Å². The molecule has 5 rings (SSSR count). The first kappa shape index (κ1) is 22.1. The Morgan fingerprint density at radius 2 is 1.97 bits per heavy atom. The molecule has 0 spiro atoms. The number of aromatic amines is 2. The van der Waals surface area contributed by atoms with Crippen LogP contribution in [0.1, 0.15) is 40.3 Å². The molecule has 1 amide bonds. The number of nitrogens with one attached hydrogen (secondary N) is 3. The van der Waals surface area contributed by atoms with E-state index in [1.807, 2.05) is 69.3 Å². The molecule has 0 aliphatic heterocycles. The van der Waals surface area contributed by atoms with Gasteiger partial charge in [0.15, 0.2) is 0 Å². The Kier molecular flexibility index (Phi) is 5.88. The predicted octanol–water partition coefficient (Wildman–Crippen LogP) is 5.33. The first-order chi connectivity index (χ1) is 17.0. The summed E-state index contributed by atoms with van der Waals surface area (Å²) in [4.78, 5) is 20.1. The maximum atomic E-state index is 12.7. The second-order valence-electron chi connectivity index (χ2n) is 8.14. The fourth-order valence-electron chi connectivity index (χ4n) is 3.84. The van der Waals surface area contributed by atoms with Crippen molar-refractivity contribution in [1.29, 1.82) is 0 Å². The van der Waals surface area contributed by atoms with Crippen molar-refractivity contribution in [3.8, 4) is 11.5 Å². The Morgan fingerprint density at radius 3 is 2.77 bits per heavy atom. The molecule has 35 heavy (non-hydrogen) atoms. The van der Waals surface area contributed by atoms with Gasteiger partial charge < -0.3 is 15.0 Å². The molecule has 176 valence electrons. The first-order valence-corrected chi connectivity index (χ1v) is 11.3. The van der Waals surface area contributed by atoms with E-state index in [0.717, 1.165) is 33.8 Å². The molecule has 0 radical (unpaired) electrons. The Bertz CT molecular complexity index is 1540. The first-order valence-electron chi connectivity index (χ1n) is 11.3. The quantitative estimate of drug-likeness (QED) is 0.299. The zero-order valence-electron chi connectivity index (χ0n) is 19.7. The molecule has 0 saturated heterocycles. The standard InChI is InChI=1S/C26H25N7O2/c1-4-33-25(12-16(2)32-33)26(34)29-18-6-5-7-20(13-18)35-21-9-10-22-23(30-31-24(22)14-21)11-8-19-15-27-17(3)28-19/h5-15H,4H2,1-3H3,(H,27,28)(H,29,34)(H,30,31)/b11-8+. The van der Waals surface area contributed by atoms with Gasteiger partial charge in [-0.05, 0) is 63.3 Å². The third-order valence-corrected chi connectivity index (χ3v) is 5.47. The van der Waals surface area contributed by atoms with E-state index in [0.29, 0.717) is 29.4 Å². The number of anilines is 1. The number of fused-ring (bicyclic) bond motifs is 1. The largest absolute Gasteiger partial charge is 0.457 e. The van der Waals surface area contributed by atoms with Gasteiger partial charge in [0.25, 0.3) is 5.91 Å². The Labute approximate surface area is 201 Å². The normalized spacial score (nSPS) is 11.4. The number of aryl methyl sites for hydroxylation is 3. The molecular formula is C26H25N7O2. The monoisotopic (exact) mass is 467 g/mol. The highest BCUT2D eigenvalue weighted by molar-refractivity contribution is 6.03. The average Bonchev–Trinajstić information content (AvgIpc) is 3.55. The Hall–Kier alpha value is -4.66. The number of ether oxygens (including phenoxy) is 1. The second-order valence-corrected chi connectivity index (χ2v) is 8.14. The lowest BCUT2D eigenvalue weighted by molar-refractivity contribution is 0.101. The summed E-state index contributed by atoms with van der Waals surface area (Å²) in [5, 5.41) is 15.7. The molecule has 0 atom stereocenters. The fourth-order valence-corrected chi connectivity index (χ4v) is 3.84. The van der Waals surface area contributed by atoms with Crippen LogP contribution >= 0.6 is 0 Å². The third-order valence-electron chi connectivity index (χ3n) is 5.47. The summed E-state index contributed by atoms with van der Waals surface area (Å²) in [5.41, 5.74) is 4.56. The molecule has 2 aromatic carbocycles. The summed E-state index contributed by atoms with van der Waals surface area (Å²) in [6.07, 6.45) is 5.65. The van der Waals surface area contributed by atoms with Gasteiger partial charge in [-0.1, -0.05) is 6.07 Å². The van der Waals surface area contributed by atoms with Gasteiger partial charge in [-0.2, -0.15) is 10.2 Å². The predicted molar refractivity (Wildman–Crippen MR) is 135 cm³/mol. The number of aromatic nitrogens is 6. The molecule has 3 aromatic heterocycles. The van der Waals surface area contributed by atoms with Crippen molar-refractivity contribution >= 4 is 34.6 Å². The van der Waals surface area contributed by atoms with Crippen molar-refractivity contribution in [1.82, 2.24) is 29.9 Å². The molecular weight excluding hydrogens is 442 g/mol. The molecule has 0 unspecified atom stereocenters. The number of hydrogen-bond acceptors (Lipinski definition) is 5.